The average molecular weight is 361 g/mol. The molecular weight excluding hydrogens is 345 g/mol. The largest absolute Gasteiger partial charge is 0.338 e. The number of halogens is 1. The van der Waals surface area contributed by atoms with E-state index in [4.69, 9.17) is 4.52 Å². The van der Waals surface area contributed by atoms with Crippen molar-refractivity contribution < 1.29 is 17.3 Å². The molecule has 3 rings (SSSR count). The summed E-state index contributed by atoms with van der Waals surface area (Å²) in [5.74, 6) is 0.0669. The van der Waals surface area contributed by atoms with Crippen LogP contribution in [-0.4, -0.2) is 29.9 Å². The molecule has 8 heteroatoms. The smallest absolute Gasteiger partial charge is 0.243 e. The highest BCUT2D eigenvalue weighted by Crippen LogP contribution is 2.20. The fourth-order valence-electron chi connectivity index (χ4n) is 2.28. The summed E-state index contributed by atoms with van der Waals surface area (Å²) in [4.78, 5) is 4.23. The van der Waals surface area contributed by atoms with Crippen molar-refractivity contribution in [2.24, 2.45) is 0 Å². The molecule has 0 fully saturated rings. The van der Waals surface area contributed by atoms with Gasteiger partial charge in [0, 0.05) is 12.6 Å². The number of rotatable bonds is 5. The van der Waals surface area contributed by atoms with Gasteiger partial charge in [-0.3, -0.25) is 0 Å². The Kier molecular flexibility index (Phi) is 4.65. The molecule has 0 spiro atoms. The first-order chi connectivity index (χ1) is 11.9. The van der Waals surface area contributed by atoms with Crippen LogP contribution in [0.15, 0.2) is 57.9 Å². The van der Waals surface area contributed by atoms with E-state index in [9.17, 15) is 12.8 Å². The summed E-state index contributed by atoms with van der Waals surface area (Å²) in [7, 11) is -2.38. The Hall–Kier alpha value is -2.58. The fraction of sp³-hybridized carbons (Fsp3) is 0.176. The zero-order valence-corrected chi connectivity index (χ0v) is 14.5. The van der Waals surface area contributed by atoms with Gasteiger partial charge >= 0.3 is 0 Å². The SMILES string of the molecule is Cc1cccc(-c2noc(CN(C)S(=O)(=O)c3ccc(F)cc3)n2)c1. The van der Waals surface area contributed by atoms with Crippen molar-refractivity contribution >= 4 is 10.0 Å². The van der Waals surface area contributed by atoms with Crippen LogP contribution in [0.25, 0.3) is 11.4 Å². The molecule has 0 amide bonds. The second kappa shape index (κ2) is 6.73. The maximum atomic E-state index is 13.0. The van der Waals surface area contributed by atoms with Gasteiger partial charge in [-0.1, -0.05) is 28.9 Å². The third kappa shape index (κ3) is 3.75. The molecule has 0 aliphatic carbocycles. The molecule has 0 N–H and O–H groups in total. The van der Waals surface area contributed by atoms with Gasteiger partial charge in [0.15, 0.2) is 0 Å². The van der Waals surface area contributed by atoms with E-state index >= 15 is 0 Å². The molecule has 0 saturated heterocycles. The Morgan fingerprint density at radius 1 is 1.16 bits per heavy atom. The van der Waals surface area contributed by atoms with Crippen molar-refractivity contribution in [2.45, 2.75) is 18.4 Å². The topological polar surface area (TPSA) is 76.3 Å². The van der Waals surface area contributed by atoms with E-state index in [1.165, 1.54) is 19.2 Å². The van der Waals surface area contributed by atoms with Crippen LogP contribution in [0.2, 0.25) is 0 Å². The summed E-state index contributed by atoms with van der Waals surface area (Å²) in [6.07, 6.45) is 0. The number of hydrogen-bond acceptors (Lipinski definition) is 5. The van der Waals surface area contributed by atoms with E-state index in [-0.39, 0.29) is 17.3 Å². The lowest BCUT2D eigenvalue weighted by Crippen LogP contribution is -2.26. The Morgan fingerprint density at radius 3 is 2.56 bits per heavy atom. The van der Waals surface area contributed by atoms with Crippen LogP contribution in [0.1, 0.15) is 11.5 Å². The molecule has 0 atom stereocenters. The first-order valence-corrected chi connectivity index (χ1v) is 8.92. The molecule has 2 aromatic carbocycles. The zero-order valence-electron chi connectivity index (χ0n) is 13.7. The minimum atomic E-state index is -3.78. The standard InChI is InChI=1S/C17H16FN3O3S/c1-12-4-3-5-13(10-12)17-19-16(24-20-17)11-21(2)25(22,23)15-8-6-14(18)7-9-15/h3-10H,11H2,1-2H3. The van der Waals surface area contributed by atoms with Crippen molar-refractivity contribution in [2.75, 3.05) is 7.05 Å². The van der Waals surface area contributed by atoms with Crippen molar-refractivity contribution in [3.63, 3.8) is 0 Å². The molecule has 130 valence electrons. The van der Waals surface area contributed by atoms with Crippen LogP contribution in [0.5, 0.6) is 0 Å². The lowest BCUT2D eigenvalue weighted by atomic mass is 10.1. The van der Waals surface area contributed by atoms with E-state index in [2.05, 4.69) is 10.1 Å². The van der Waals surface area contributed by atoms with Crippen molar-refractivity contribution in [1.29, 1.82) is 0 Å². The molecule has 1 aromatic heterocycles. The van der Waals surface area contributed by atoms with Crippen LogP contribution in [0.3, 0.4) is 0 Å². The molecular formula is C17H16FN3O3S. The average Bonchev–Trinajstić information content (AvgIpc) is 3.04. The quantitative estimate of drug-likeness (QED) is 0.698. The highest BCUT2D eigenvalue weighted by atomic mass is 32.2. The van der Waals surface area contributed by atoms with Crippen LogP contribution in [-0.2, 0) is 16.6 Å². The first kappa shape index (κ1) is 17.2. The zero-order chi connectivity index (χ0) is 18.0. The van der Waals surface area contributed by atoms with Crippen molar-refractivity contribution in [3.05, 3.63) is 65.8 Å². The number of aryl methyl sites for hydroxylation is 1. The normalized spacial score (nSPS) is 11.8. The molecule has 1 heterocycles. The second-order valence-corrected chi connectivity index (χ2v) is 7.64. The molecule has 0 bridgehead atoms. The van der Waals surface area contributed by atoms with Crippen molar-refractivity contribution in [1.82, 2.24) is 14.4 Å². The first-order valence-electron chi connectivity index (χ1n) is 7.48. The lowest BCUT2D eigenvalue weighted by molar-refractivity contribution is 0.336. The van der Waals surface area contributed by atoms with Gasteiger partial charge in [-0.15, -0.1) is 0 Å². The van der Waals surface area contributed by atoms with E-state index in [1.807, 2.05) is 31.2 Å². The highest BCUT2D eigenvalue weighted by molar-refractivity contribution is 7.89. The van der Waals surface area contributed by atoms with Gasteiger partial charge in [-0.25, -0.2) is 12.8 Å². The molecule has 0 aliphatic rings. The maximum absolute atomic E-state index is 13.0. The molecule has 0 saturated carbocycles. The van der Waals surface area contributed by atoms with Gasteiger partial charge in [0.05, 0.1) is 11.4 Å². The minimum Gasteiger partial charge on any atom is -0.338 e. The number of nitrogens with zero attached hydrogens (tertiary/aromatic N) is 3. The highest BCUT2D eigenvalue weighted by Gasteiger charge is 2.23. The van der Waals surface area contributed by atoms with Gasteiger partial charge in [-0.2, -0.15) is 9.29 Å². The van der Waals surface area contributed by atoms with E-state index in [0.29, 0.717) is 5.82 Å². The third-order valence-electron chi connectivity index (χ3n) is 3.62. The molecule has 0 unspecified atom stereocenters. The number of sulfonamides is 1. The molecule has 25 heavy (non-hydrogen) atoms. The summed E-state index contributed by atoms with van der Waals surface area (Å²) >= 11 is 0. The Balaban J connectivity index is 1.79. The summed E-state index contributed by atoms with van der Waals surface area (Å²) in [5, 5.41) is 3.89. The summed E-state index contributed by atoms with van der Waals surface area (Å²) in [6.45, 7) is 1.87. The maximum Gasteiger partial charge on any atom is 0.243 e. The summed E-state index contributed by atoms with van der Waals surface area (Å²) < 4.78 is 44.2. The number of aromatic nitrogens is 2. The van der Waals surface area contributed by atoms with Gasteiger partial charge in [0.25, 0.3) is 0 Å². The summed E-state index contributed by atoms with van der Waals surface area (Å²) in [6, 6.07) is 12.2. The monoisotopic (exact) mass is 361 g/mol. The van der Waals surface area contributed by atoms with E-state index < -0.39 is 15.8 Å². The van der Waals surface area contributed by atoms with Crippen LogP contribution >= 0.6 is 0 Å². The van der Waals surface area contributed by atoms with Gasteiger partial charge in [-0.05, 0) is 37.3 Å². The number of benzene rings is 2. The van der Waals surface area contributed by atoms with Crippen molar-refractivity contribution in [3.8, 4) is 11.4 Å². The number of hydrogen-bond donors (Lipinski definition) is 0. The Morgan fingerprint density at radius 2 is 1.88 bits per heavy atom. The summed E-state index contributed by atoms with van der Waals surface area (Å²) in [5.41, 5.74) is 1.85. The van der Waals surface area contributed by atoms with Crippen LogP contribution < -0.4 is 0 Å². The van der Waals surface area contributed by atoms with Gasteiger partial charge in [0.2, 0.25) is 21.7 Å². The predicted molar refractivity (Wildman–Crippen MR) is 89.5 cm³/mol. The van der Waals surface area contributed by atoms with E-state index in [0.717, 1.165) is 27.6 Å². The predicted octanol–water partition coefficient (Wildman–Crippen LogP) is 3.00. The lowest BCUT2D eigenvalue weighted by Gasteiger charge is -2.14. The fourth-order valence-corrected chi connectivity index (χ4v) is 3.40. The Bertz CT molecular complexity index is 984. The molecule has 6 nitrogen and oxygen atoms in total. The van der Waals surface area contributed by atoms with Gasteiger partial charge in [0.1, 0.15) is 5.82 Å². The molecule has 3 aromatic rings. The molecule has 0 aliphatic heterocycles. The van der Waals surface area contributed by atoms with E-state index in [1.54, 1.807) is 0 Å². The third-order valence-corrected chi connectivity index (χ3v) is 5.44. The minimum absolute atomic E-state index is 0.00479. The van der Waals surface area contributed by atoms with Crippen LogP contribution in [0, 0.1) is 12.7 Å². The van der Waals surface area contributed by atoms with Crippen LogP contribution in [0.4, 0.5) is 4.39 Å². The Labute approximate surface area is 145 Å². The second-order valence-electron chi connectivity index (χ2n) is 5.60. The molecule has 0 radical (unpaired) electrons. The van der Waals surface area contributed by atoms with Gasteiger partial charge < -0.3 is 4.52 Å².